The van der Waals surface area contributed by atoms with Crippen molar-refractivity contribution in [3.05, 3.63) is 10.2 Å². The molecule has 0 amide bonds. The Labute approximate surface area is 126 Å². The van der Waals surface area contributed by atoms with E-state index in [2.05, 4.69) is 25.9 Å². The largest absolute Gasteiger partial charge is 0.462 e. The Morgan fingerprint density at radius 1 is 1.45 bits per heavy atom. The lowest BCUT2D eigenvalue weighted by Gasteiger charge is -2.36. The minimum absolute atomic E-state index is 0.323. The van der Waals surface area contributed by atoms with Gasteiger partial charge in [-0.05, 0) is 35.7 Å². The number of carbonyl (C=O) groups excluding carboxylic acids is 1. The fourth-order valence-corrected chi connectivity index (χ4v) is 3.71. The molecule has 2 atom stereocenters. The van der Waals surface area contributed by atoms with E-state index in [-0.39, 0.29) is 5.97 Å². The molecule has 2 saturated heterocycles. The number of aromatic nitrogens is 2. The van der Waals surface area contributed by atoms with E-state index in [0.717, 1.165) is 18.7 Å². The molecule has 1 aromatic rings. The molecule has 0 aromatic carbocycles. The minimum Gasteiger partial charge on any atom is -0.462 e. The fourth-order valence-electron chi connectivity index (χ4n) is 3.13. The van der Waals surface area contributed by atoms with Gasteiger partial charge in [-0.15, -0.1) is 0 Å². The molecule has 0 saturated carbocycles. The number of fused-ring (bicyclic) bond motifs is 2. The number of halogens is 1. The molecule has 2 fully saturated rings. The fraction of sp³-hybridized carbons (Fsp3) is 0.692. The highest BCUT2D eigenvalue weighted by molar-refractivity contribution is 9.10. The van der Waals surface area contributed by atoms with Crippen LogP contribution in [0.1, 0.15) is 30.1 Å². The number of nitrogens with zero attached hydrogens (tertiary/aromatic N) is 3. The predicted molar refractivity (Wildman–Crippen MR) is 77.0 cm³/mol. The van der Waals surface area contributed by atoms with Crippen LogP contribution in [0.25, 0.3) is 0 Å². The first-order valence-electron chi connectivity index (χ1n) is 6.89. The Balaban J connectivity index is 2.02. The van der Waals surface area contributed by atoms with Crippen LogP contribution in [0.2, 0.25) is 0 Å². The van der Waals surface area contributed by atoms with Crippen molar-refractivity contribution in [2.75, 3.05) is 24.7 Å². The monoisotopic (exact) mass is 343 g/mol. The average molecular weight is 344 g/mol. The van der Waals surface area contributed by atoms with Gasteiger partial charge in [0, 0.05) is 7.05 Å². The Kier molecular flexibility index (Phi) is 3.72. The molecular weight excluding hydrogens is 326 g/mol. The van der Waals surface area contributed by atoms with Crippen LogP contribution in [0.15, 0.2) is 4.60 Å². The van der Waals surface area contributed by atoms with Gasteiger partial charge in [0.15, 0.2) is 0 Å². The summed E-state index contributed by atoms with van der Waals surface area (Å²) in [6.45, 7) is 3.58. The maximum absolute atomic E-state index is 12.2. The number of ether oxygens (including phenoxy) is 2. The summed E-state index contributed by atoms with van der Waals surface area (Å²) < 4.78 is 13.1. The van der Waals surface area contributed by atoms with Gasteiger partial charge in [-0.3, -0.25) is 4.68 Å². The highest BCUT2D eigenvalue weighted by atomic mass is 79.9. The summed E-state index contributed by atoms with van der Waals surface area (Å²) in [7, 11) is 1.86. The van der Waals surface area contributed by atoms with E-state index in [1.54, 1.807) is 11.6 Å². The Morgan fingerprint density at radius 2 is 2.10 bits per heavy atom. The summed E-state index contributed by atoms with van der Waals surface area (Å²) in [6, 6.07) is 0.647. The van der Waals surface area contributed by atoms with Gasteiger partial charge in [0.25, 0.3) is 0 Å². The summed E-state index contributed by atoms with van der Waals surface area (Å²) in [5.74, 6) is 0.513. The molecule has 7 heteroatoms. The average Bonchev–Trinajstić information content (AvgIpc) is 2.81. The van der Waals surface area contributed by atoms with Crippen molar-refractivity contribution in [3.8, 4) is 0 Å². The van der Waals surface area contributed by atoms with Crippen molar-refractivity contribution in [2.45, 2.75) is 31.8 Å². The first-order valence-corrected chi connectivity index (χ1v) is 7.68. The van der Waals surface area contributed by atoms with Crippen LogP contribution in [0, 0.1) is 0 Å². The van der Waals surface area contributed by atoms with Crippen LogP contribution in [0.4, 0.5) is 5.82 Å². The molecule has 0 spiro atoms. The number of carbonyl (C=O) groups is 1. The SMILES string of the molecule is CCOC(=O)c1c(Br)nn(C)c1N1C2CCC1COC2. The van der Waals surface area contributed by atoms with Crippen LogP contribution in [0.3, 0.4) is 0 Å². The molecular formula is C13H18BrN3O3. The summed E-state index contributed by atoms with van der Waals surface area (Å²) in [4.78, 5) is 14.5. The van der Waals surface area contributed by atoms with Crippen LogP contribution < -0.4 is 4.90 Å². The van der Waals surface area contributed by atoms with Gasteiger partial charge in [0.2, 0.25) is 0 Å². The summed E-state index contributed by atoms with van der Waals surface area (Å²) in [6.07, 6.45) is 2.19. The smallest absolute Gasteiger partial charge is 0.344 e. The Hall–Kier alpha value is -1.08. The molecule has 20 heavy (non-hydrogen) atoms. The summed E-state index contributed by atoms with van der Waals surface area (Å²) >= 11 is 3.37. The zero-order chi connectivity index (χ0) is 14.3. The molecule has 2 unspecified atom stereocenters. The number of morpholine rings is 1. The standard InChI is InChI=1S/C13H18BrN3O3/c1-3-20-13(18)10-11(14)15-16(2)12(10)17-8-4-5-9(17)7-19-6-8/h8-9H,3-7H2,1-2H3. The van der Waals surface area contributed by atoms with E-state index in [4.69, 9.17) is 9.47 Å². The van der Waals surface area contributed by atoms with E-state index >= 15 is 0 Å². The van der Waals surface area contributed by atoms with Gasteiger partial charge in [-0.1, -0.05) is 0 Å². The van der Waals surface area contributed by atoms with E-state index in [0.29, 0.717) is 42.1 Å². The lowest BCUT2D eigenvalue weighted by atomic mass is 10.2. The molecule has 2 bridgehead atoms. The molecule has 0 N–H and O–H groups in total. The van der Waals surface area contributed by atoms with Gasteiger partial charge >= 0.3 is 5.97 Å². The molecule has 2 aliphatic heterocycles. The molecule has 2 aliphatic rings. The van der Waals surface area contributed by atoms with E-state index in [1.165, 1.54) is 0 Å². The lowest BCUT2D eigenvalue weighted by molar-refractivity contribution is 0.0523. The van der Waals surface area contributed by atoms with Crippen LogP contribution in [0.5, 0.6) is 0 Å². The predicted octanol–water partition coefficient (Wildman–Crippen LogP) is 1.73. The van der Waals surface area contributed by atoms with E-state index in [1.807, 2.05) is 7.05 Å². The topological polar surface area (TPSA) is 56.6 Å². The van der Waals surface area contributed by atoms with Crippen LogP contribution in [-0.2, 0) is 16.5 Å². The zero-order valence-electron chi connectivity index (χ0n) is 11.6. The quantitative estimate of drug-likeness (QED) is 0.782. The van der Waals surface area contributed by atoms with Crippen molar-refractivity contribution in [3.63, 3.8) is 0 Å². The Morgan fingerprint density at radius 3 is 2.70 bits per heavy atom. The second kappa shape index (κ2) is 5.37. The molecule has 110 valence electrons. The third-order valence-electron chi connectivity index (χ3n) is 3.94. The maximum atomic E-state index is 12.2. The second-order valence-corrected chi connectivity index (χ2v) is 5.91. The third-order valence-corrected chi connectivity index (χ3v) is 4.49. The highest BCUT2D eigenvalue weighted by Gasteiger charge is 2.41. The molecule has 3 rings (SSSR count). The van der Waals surface area contributed by atoms with Gasteiger partial charge in [-0.2, -0.15) is 5.10 Å². The van der Waals surface area contributed by atoms with Crippen molar-refractivity contribution in [1.29, 1.82) is 0 Å². The highest BCUT2D eigenvalue weighted by Crippen LogP contribution is 2.38. The molecule has 1 aromatic heterocycles. The van der Waals surface area contributed by atoms with Crippen LogP contribution in [-0.4, -0.2) is 47.7 Å². The van der Waals surface area contributed by atoms with Gasteiger partial charge in [0.05, 0.1) is 31.9 Å². The van der Waals surface area contributed by atoms with Gasteiger partial charge in [0.1, 0.15) is 16.0 Å². The maximum Gasteiger partial charge on any atom is 0.344 e. The molecule has 3 heterocycles. The zero-order valence-corrected chi connectivity index (χ0v) is 13.2. The van der Waals surface area contributed by atoms with Gasteiger partial charge in [-0.25, -0.2) is 4.79 Å². The molecule has 0 aliphatic carbocycles. The number of hydrogen-bond acceptors (Lipinski definition) is 5. The molecule has 0 radical (unpaired) electrons. The van der Waals surface area contributed by atoms with Crippen molar-refractivity contribution in [2.24, 2.45) is 7.05 Å². The van der Waals surface area contributed by atoms with E-state index < -0.39 is 0 Å². The number of rotatable bonds is 3. The second-order valence-electron chi connectivity index (χ2n) is 5.16. The summed E-state index contributed by atoms with van der Waals surface area (Å²) in [5.41, 5.74) is 0.521. The summed E-state index contributed by atoms with van der Waals surface area (Å²) in [5, 5.41) is 4.34. The first-order chi connectivity index (χ1) is 9.63. The number of aryl methyl sites for hydroxylation is 1. The Bertz CT molecular complexity index is 515. The van der Waals surface area contributed by atoms with Gasteiger partial charge < -0.3 is 14.4 Å². The minimum atomic E-state index is -0.326. The normalized spacial score (nSPS) is 25.1. The van der Waals surface area contributed by atoms with E-state index in [9.17, 15) is 4.79 Å². The first kappa shape index (κ1) is 13.9. The van der Waals surface area contributed by atoms with Crippen molar-refractivity contribution < 1.29 is 14.3 Å². The number of hydrogen-bond donors (Lipinski definition) is 0. The van der Waals surface area contributed by atoms with Crippen LogP contribution >= 0.6 is 15.9 Å². The van der Waals surface area contributed by atoms with Crippen molar-refractivity contribution in [1.82, 2.24) is 9.78 Å². The molecule has 6 nitrogen and oxygen atoms in total. The number of esters is 1. The van der Waals surface area contributed by atoms with Crippen molar-refractivity contribution >= 4 is 27.7 Å². The third kappa shape index (κ3) is 2.13. The lowest BCUT2D eigenvalue weighted by Crippen LogP contribution is -2.47. The number of anilines is 1.